The normalized spacial score (nSPS) is 29.7. The first-order valence-corrected chi connectivity index (χ1v) is 8.30. The van der Waals surface area contributed by atoms with E-state index >= 15 is 0 Å². The maximum atomic E-state index is 13.3. The van der Waals surface area contributed by atoms with E-state index in [0.29, 0.717) is 6.42 Å². The molecule has 3 heteroatoms. The third-order valence-corrected chi connectivity index (χ3v) is 5.73. The van der Waals surface area contributed by atoms with E-state index in [9.17, 15) is 9.90 Å². The number of ketones is 1. The summed E-state index contributed by atoms with van der Waals surface area (Å²) in [6.45, 7) is 9.75. The molecule has 0 saturated heterocycles. The Hall–Kier alpha value is -1.87. The number of hydrogen-bond donors (Lipinski definition) is 2. The second kappa shape index (κ2) is 5.64. The first kappa shape index (κ1) is 16.0. The summed E-state index contributed by atoms with van der Waals surface area (Å²) in [6.07, 6.45) is 2.90. The van der Waals surface area contributed by atoms with Gasteiger partial charge < -0.3 is 10.1 Å². The summed E-state index contributed by atoms with van der Waals surface area (Å²) < 4.78 is 0. The van der Waals surface area contributed by atoms with E-state index < -0.39 is 11.5 Å². The summed E-state index contributed by atoms with van der Waals surface area (Å²) in [4.78, 5) is 16.6. The summed E-state index contributed by atoms with van der Waals surface area (Å²) in [5.41, 5.74) is 2.43. The van der Waals surface area contributed by atoms with Crippen LogP contribution in [0.15, 0.2) is 42.6 Å². The Labute approximate surface area is 137 Å². The molecule has 1 aliphatic carbocycles. The molecule has 1 heterocycles. The molecule has 0 spiro atoms. The van der Waals surface area contributed by atoms with Crippen LogP contribution in [0.25, 0.3) is 10.9 Å². The number of aromatic amines is 1. The van der Waals surface area contributed by atoms with Gasteiger partial charge in [-0.1, -0.05) is 37.3 Å². The predicted octanol–water partition coefficient (Wildman–Crippen LogP) is 4.19. The van der Waals surface area contributed by atoms with E-state index in [-0.39, 0.29) is 17.6 Å². The number of carbonyl (C=O) groups is 1. The van der Waals surface area contributed by atoms with Crippen molar-refractivity contribution < 1.29 is 9.90 Å². The van der Waals surface area contributed by atoms with Gasteiger partial charge in [0.2, 0.25) is 0 Å². The lowest BCUT2D eigenvalue weighted by Crippen LogP contribution is -2.47. The topological polar surface area (TPSA) is 53.1 Å². The van der Waals surface area contributed by atoms with Gasteiger partial charge in [-0.2, -0.15) is 0 Å². The first-order chi connectivity index (χ1) is 10.9. The Bertz CT molecular complexity index is 758. The van der Waals surface area contributed by atoms with Gasteiger partial charge in [-0.3, -0.25) is 4.79 Å². The Morgan fingerprint density at radius 2 is 2.13 bits per heavy atom. The van der Waals surface area contributed by atoms with Crippen LogP contribution in [0.2, 0.25) is 0 Å². The zero-order valence-electron chi connectivity index (χ0n) is 14.1. The molecule has 0 bridgehead atoms. The molecule has 1 aromatic carbocycles. The van der Waals surface area contributed by atoms with E-state index in [1.54, 1.807) is 6.92 Å². The second-order valence-corrected chi connectivity index (χ2v) is 7.22. The lowest BCUT2D eigenvalue weighted by molar-refractivity contribution is -0.140. The Morgan fingerprint density at radius 3 is 2.78 bits per heavy atom. The Morgan fingerprint density at radius 1 is 1.43 bits per heavy atom. The third-order valence-electron chi connectivity index (χ3n) is 5.73. The van der Waals surface area contributed by atoms with Gasteiger partial charge in [-0.05, 0) is 44.2 Å². The minimum Gasteiger partial charge on any atom is -0.392 e. The Balaban J connectivity index is 2.14. The van der Waals surface area contributed by atoms with Crippen LogP contribution in [0.5, 0.6) is 0 Å². The molecule has 122 valence electrons. The number of Topliss-reactive ketones (excluding diaryl/α,β-unsaturated/α-hetero) is 1. The number of hydrogen-bond acceptors (Lipinski definition) is 2. The summed E-state index contributed by atoms with van der Waals surface area (Å²) in [5, 5.41) is 11.3. The molecule has 1 aliphatic rings. The smallest absolute Gasteiger partial charge is 0.149 e. The molecule has 0 aliphatic heterocycles. The van der Waals surface area contributed by atoms with Crippen molar-refractivity contribution in [2.45, 2.75) is 45.6 Å². The average molecular weight is 311 g/mol. The van der Waals surface area contributed by atoms with Gasteiger partial charge in [0.25, 0.3) is 0 Å². The molecule has 3 nitrogen and oxygen atoms in total. The van der Waals surface area contributed by atoms with Crippen molar-refractivity contribution in [1.29, 1.82) is 0 Å². The molecular weight excluding hydrogens is 286 g/mol. The van der Waals surface area contributed by atoms with Crippen molar-refractivity contribution >= 4 is 16.7 Å². The quantitative estimate of drug-likeness (QED) is 0.835. The highest BCUT2D eigenvalue weighted by molar-refractivity contribution is 5.97. The number of allylic oxidation sites excluding steroid dienone is 1. The molecule has 2 N–H and O–H groups in total. The zero-order chi connectivity index (χ0) is 16.8. The van der Waals surface area contributed by atoms with Crippen molar-refractivity contribution in [3.8, 4) is 0 Å². The molecular formula is C20H25NO2. The number of aromatic nitrogens is 1. The molecule has 0 radical (unpaired) electrons. The SMILES string of the molecule is C=C(C)[C@@H]1CC[C@](C)(C(C)O)C(=O)[C@H]1c1c[nH]c2ccccc12. The van der Waals surface area contributed by atoms with E-state index in [2.05, 4.69) is 17.6 Å². The Kier molecular flexibility index (Phi) is 3.93. The minimum atomic E-state index is -0.686. The highest BCUT2D eigenvalue weighted by Gasteiger charge is 2.49. The van der Waals surface area contributed by atoms with Crippen LogP contribution in [-0.4, -0.2) is 22.0 Å². The number of nitrogens with one attached hydrogen (secondary N) is 1. The van der Waals surface area contributed by atoms with Crippen LogP contribution in [0.3, 0.4) is 0 Å². The number of rotatable bonds is 3. The van der Waals surface area contributed by atoms with Gasteiger partial charge >= 0.3 is 0 Å². The largest absolute Gasteiger partial charge is 0.392 e. The van der Waals surface area contributed by atoms with Crippen molar-refractivity contribution in [3.05, 3.63) is 48.2 Å². The van der Waals surface area contributed by atoms with Crippen molar-refractivity contribution in [2.75, 3.05) is 0 Å². The van der Waals surface area contributed by atoms with Crippen LogP contribution >= 0.6 is 0 Å². The van der Waals surface area contributed by atoms with E-state index in [0.717, 1.165) is 28.5 Å². The fourth-order valence-electron chi connectivity index (χ4n) is 3.94. The van der Waals surface area contributed by atoms with Gasteiger partial charge in [0.15, 0.2) is 0 Å². The summed E-state index contributed by atoms with van der Waals surface area (Å²) in [5.74, 6) is 0.0297. The molecule has 3 rings (SSSR count). The lowest BCUT2D eigenvalue weighted by atomic mass is 9.60. The van der Waals surface area contributed by atoms with Crippen molar-refractivity contribution in [1.82, 2.24) is 4.98 Å². The maximum Gasteiger partial charge on any atom is 0.149 e. The van der Waals surface area contributed by atoms with Crippen LogP contribution in [0.1, 0.15) is 45.1 Å². The van der Waals surface area contributed by atoms with Crippen LogP contribution in [0, 0.1) is 11.3 Å². The van der Waals surface area contributed by atoms with Crippen molar-refractivity contribution in [2.24, 2.45) is 11.3 Å². The zero-order valence-corrected chi connectivity index (χ0v) is 14.1. The average Bonchev–Trinajstić information content (AvgIpc) is 2.93. The van der Waals surface area contributed by atoms with Crippen LogP contribution in [-0.2, 0) is 4.79 Å². The molecule has 4 atom stereocenters. The fraction of sp³-hybridized carbons (Fsp3) is 0.450. The van der Waals surface area contributed by atoms with Crippen molar-refractivity contribution in [3.63, 3.8) is 0 Å². The van der Waals surface area contributed by atoms with Crippen LogP contribution in [0.4, 0.5) is 0 Å². The summed E-state index contributed by atoms with van der Waals surface area (Å²) in [6, 6.07) is 8.06. The number of benzene rings is 1. The van der Waals surface area contributed by atoms with Gasteiger partial charge in [0, 0.05) is 17.1 Å². The number of H-pyrrole nitrogens is 1. The molecule has 0 amide bonds. The summed E-state index contributed by atoms with van der Waals surface area (Å²) in [7, 11) is 0. The van der Waals surface area contributed by atoms with Gasteiger partial charge in [-0.15, -0.1) is 0 Å². The lowest BCUT2D eigenvalue weighted by Gasteiger charge is -2.43. The van der Waals surface area contributed by atoms with Gasteiger partial charge in [0.1, 0.15) is 5.78 Å². The summed E-state index contributed by atoms with van der Waals surface area (Å²) >= 11 is 0. The minimum absolute atomic E-state index is 0.133. The third kappa shape index (κ3) is 2.43. The van der Waals surface area contributed by atoms with Gasteiger partial charge in [0.05, 0.1) is 17.4 Å². The molecule has 1 aromatic heterocycles. The van der Waals surface area contributed by atoms with E-state index in [1.807, 2.05) is 38.2 Å². The number of aliphatic hydroxyl groups excluding tert-OH is 1. The molecule has 2 aromatic rings. The second-order valence-electron chi connectivity index (χ2n) is 7.22. The van der Waals surface area contributed by atoms with Crippen LogP contribution < -0.4 is 0 Å². The number of aliphatic hydroxyl groups is 1. The van der Waals surface area contributed by atoms with E-state index in [4.69, 9.17) is 0 Å². The molecule has 1 unspecified atom stereocenters. The predicted molar refractivity (Wildman–Crippen MR) is 93.4 cm³/mol. The standard InChI is InChI=1S/C20H25NO2/c1-12(2)14-9-10-20(4,13(3)22)19(23)18(14)16-11-21-17-8-6-5-7-15(16)17/h5-8,11,13-14,18,21-22H,1,9-10H2,2-4H3/t13?,14-,18+,20+/m0/s1. The number of carbonyl (C=O) groups excluding carboxylic acids is 1. The highest BCUT2D eigenvalue weighted by atomic mass is 16.3. The number of fused-ring (bicyclic) bond motifs is 1. The molecule has 1 saturated carbocycles. The first-order valence-electron chi connectivity index (χ1n) is 8.30. The highest BCUT2D eigenvalue weighted by Crippen LogP contribution is 2.49. The maximum absolute atomic E-state index is 13.3. The van der Waals surface area contributed by atoms with Gasteiger partial charge in [-0.25, -0.2) is 0 Å². The monoisotopic (exact) mass is 311 g/mol. The molecule has 1 fully saturated rings. The number of para-hydroxylation sites is 1. The molecule has 23 heavy (non-hydrogen) atoms. The van der Waals surface area contributed by atoms with E-state index in [1.165, 1.54) is 0 Å². The fourth-order valence-corrected chi connectivity index (χ4v) is 3.94.